The van der Waals surface area contributed by atoms with Gasteiger partial charge in [-0.1, -0.05) is 67.4 Å². The highest BCUT2D eigenvalue weighted by atomic mass is 35.5. The third-order valence-corrected chi connectivity index (χ3v) is 6.92. The molecule has 0 fully saturated rings. The van der Waals surface area contributed by atoms with Crippen LogP contribution in [0.5, 0.6) is 11.5 Å². The maximum atomic E-state index is 14.7. The molecule has 5 rings (SSSR count). The largest absolute Gasteiger partial charge is 0.486 e. The van der Waals surface area contributed by atoms with Gasteiger partial charge in [0.2, 0.25) is 0 Å². The summed E-state index contributed by atoms with van der Waals surface area (Å²) in [5.74, 6) is 0.999. The fraction of sp³-hybridized carbons (Fsp3) is 0.300. The monoisotopic (exact) mass is 537 g/mol. The number of aromatic nitrogens is 2. The lowest BCUT2D eigenvalue weighted by molar-refractivity contribution is 0.170. The highest BCUT2D eigenvalue weighted by molar-refractivity contribution is 6.30. The fourth-order valence-electron chi connectivity index (χ4n) is 4.70. The summed E-state index contributed by atoms with van der Waals surface area (Å²) in [4.78, 5) is 6.69. The predicted molar refractivity (Wildman–Crippen MR) is 144 cm³/mol. The van der Waals surface area contributed by atoms with Crippen molar-refractivity contribution < 1.29 is 18.3 Å². The first-order valence-electron chi connectivity index (χ1n) is 12.9. The van der Waals surface area contributed by atoms with Gasteiger partial charge in [-0.15, -0.1) is 0 Å². The predicted octanol–water partition coefficient (Wildman–Crippen LogP) is 7.26. The van der Waals surface area contributed by atoms with Crippen molar-refractivity contribution in [1.82, 2.24) is 14.5 Å². The van der Waals surface area contributed by atoms with Gasteiger partial charge in [0.05, 0.1) is 5.69 Å². The summed E-state index contributed by atoms with van der Waals surface area (Å²) in [6.07, 6.45) is 1.95. The third-order valence-electron chi connectivity index (χ3n) is 6.62. The summed E-state index contributed by atoms with van der Waals surface area (Å²) in [5, 5.41) is 0.390. The first kappa shape index (κ1) is 26.2. The third kappa shape index (κ3) is 5.84. The van der Waals surface area contributed by atoms with Crippen LogP contribution >= 0.6 is 11.6 Å². The topological polar surface area (TPSA) is 39.5 Å². The number of nitrogens with zero attached hydrogens (tertiary/aromatic N) is 3. The molecule has 5 nitrogen and oxygen atoms in total. The summed E-state index contributed by atoms with van der Waals surface area (Å²) in [5.41, 5.74) is 2.73. The van der Waals surface area contributed by atoms with Crippen LogP contribution in [0.3, 0.4) is 0 Å². The number of hydrogen-bond donors (Lipinski definition) is 0. The minimum atomic E-state index is -0.576. The molecule has 8 heteroatoms. The van der Waals surface area contributed by atoms with E-state index >= 15 is 0 Å². The summed E-state index contributed by atoms with van der Waals surface area (Å²) in [6.45, 7) is 4.69. The Morgan fingerprint density at radius 2 is 1.63 bits per heavy atom. The van der Waals surface area contributed by atoms with Crippen LogP contribution in [0.4, 0.5) is 8.78 Å². The second-order valence-electron chi connectivity index (χ2n) is 9.37. The van der Waals surface area contributed by atoms with Crippen molar-refractivity contribution in [2.45, 2.75) is 45.9 Å². The molecule has 0 saturated carbocycles. The van der Waals surface area contributed by atoms with Gasteiger partial charge in [0.25, 0.3) is 0 Å². The molecule has 0 N–H and O–H groups in total. The smallest absolute Gasteiger partial charge is 0.161 e. The van der Waals surface area contributed by atoms with Crippen molar-refractivity contribution in [3.63, 3.8) is 0 Å². The molecule has 0 bridgehead atoms. The van der Waals surface area contributed by atoms with Crippen LogP contribution in [0.1, 0.15) is 36.6 Å². The van der Waals surface area contributed by atoms with Crippen molar-refractivity contribution in [1.29, 1.82) is 0 Å². The number of benzene rings is 3. The van der Waals surface area contributed by atoms with E-state index in [0.29, 0.717) is 43.0 Å². The lowest BCUT2D eigenvalue weighted by atomic mass is 10.1. The van der Waals surface area contributed by atoms with Gasteiger partial charge in [-0.2, -0.15) is 0 Å². The van der Waals surface area contributed by atoms with E-state index in [9.17, 15) is 8.78 Å². The van der Waals surface area contributed by atoms with Crippen LogP contribution in [0.25, 0.3) is 11.4 Å². The van der Waals surface area contributed by atoms with Crippen molar-refractivity contribution in [3.8, 4) is 22.9 Å². The van der Waals surface area contributed by atoms with Crippen molar-refractivity contribution >= 4 is 11.6 Å². The Kier molecular flexibility index (Phi) is 8.25. The van der Waals surface area contributed by atoms with Gasteiger partial charge in [0.15, 0.2) is 16.7 Å². The SMILES string of the molecule is CCCCn1c(-c2ccccc2)nc(Cl)c1CN(Cc1ccc2c(c1)OCCO2)Cc1c(F)cccc1F. The van der Waals surface area contributed by atoms with E-state index in [2.05, 4.69) is 11.5 Å². The second kappa shape index (κ2) is 12.0. The number of ether oxygens (including phenoxy) is 2. The maximum absolute atomic E-state index is 14.7. The second-order valence-corrected chi connectivity index (χ2v) is 9.73. The standard InChI is InChI=1S/C30H30ClF2N3O2/c1-2-3-14-36-26(29(31)34-30(36)22-8-5-4-6-9-22)20-35(19-23-24(32)10-7-11-25(23)33)18-21-12-13-27-28(17-21)38-16-15-37-27/h4-13,17H,2-3,14-16,18-20H2,1H3. The number of hydrogen-bond acceptors (Lipinski definition) is 4. The molecule has 4 aromatic rings. The fourth-order valence-corrected chi connectivity index (χ4v) is 4.95. The molecule has 38 heavy (non-hydrogen) atoms. The molecule has 0 amide bonds. The molecular formula is C30H30ClF2N3O2. The summed E-state index contributed by atoms with van der Waals surface area (Å²) in [7, 11) is 0. The van der Waals surface area contributed by atoms with Crippen LogP contribution in [0.15, 0.2) is 66.7 Å². The van der Waals surface area contributed by atoms with E-state index in [1.807, 2.05) is 53.4 Å². The van der Waals surface area contributed by atoms with Crippen LogP contribution in [0, 0.1) is 11.6 Å². The van der Waals surface area contributed by atoms with Gasteiger partial charge in [0, 0.05) is 37.3 Å². The zero-order valence-corrected chi connectivity index (χ0v) is 22.1. The Hall–Kier alpha value is -3.42. The Morgan fingerprint density at radius 3 is 2.37 bits per heavy atom. The number of rotatable bonds is 10. The summed E-state index contributed by atoms with van der Waals surface area (Å²) in [6, 6.07) is 19.6. The van der Waals surface area contributed by atoms with Gasteiger partial charge >= 0.3 is 0 Å². The number of imidazole rings is 1. The molecule has 0 radical (unpaired) electrons. The molecule has 0 atom stereocenters. The molecule has 0 spiro atoms. The van der Waals surface area contributed by atoms with E-state index in [1.54, 1.807) is 0 Å². The Morgan fingerprint density at radius 1 is 0.895 bits per heavy atom. The zero-order chi connectivity index (χ0) is 26.5. The van der Waals surface area contributed by atoms with E-state index in [-0.39, 0.29) is 12.1 Å². The van der Waals surface area contributed by atoms with Gasteiger partial charge in [-0.25, -0.2) is 13.8 Å². The number of fused-ring (bicyclic) bond motifs is 1. The van der Waals surface area contributed by atoms with Gasteiger partial charge < -0.3 is 14.0 Å². The molecule has 1 aliphatic heterocycles. The lowest BCUT2D eigenvalue weighted by Gasteiger charge is -2.25. The van der Waals surface area contributed by atoms with E-state index in [4.69, 9.17) is 26.1 Å². The van der Waals surface area contributed by atoms with Gasteiger partial charge in [-0.05, 0) is 36.2 Å². The first-order valence-corrected chi connectivity index (χ1v) is 13.3. The molecule has 0 saturated heterocycles. The Bertz CT molecular complexity index is 1370. The van der Waals surface area contributed by atoms with Crippen molar-refractivity contribution in [3.05, 3.63) is 100 Å². The normalized spacial score (nSPS) is 12.8. The van der Waals surface area contributed by atoms with E-state index in [0.717, 1.165) is 42.0 Å². The van der Waals surface area contributed by atoms with Crippen LogP contribution in [-0.4, -0.2) is 27.7 Å². The van der Waals surface area contributed by atoms with E-state index in [1.165, 1.54) is 18.2 Å². The summed E-state index contributed by atoms with van der Waals surface area (Å²) < 4.78 is 43.0. The van der Waals surface area contributed by atoms with Gasteiger partial charge in [0.1, 0.15) is 30.7 Å². The average molecular weight is 538 g/mol. The number of halogens is 3. The Balaban J connectivity index is 1.51. The lowest BCUT2D eigenvalue weighted by Crippen LogP contribution is -2.25. The highest BCUT2D eigenvalue weighted by Gasteiger charge is 2.22. The quantitative estimate of drug-likeness (QED) is 0.213. The van der Waals surface area contributed by atoms with Crippen LogP contribution in [0.2, 0.25) is 5.15 Å². The van der Waals surface area contributed by atoms with Crippen molar-refractivity contribution in [2.24, 2.45) is 0 Å². The molecular weight excluding hydrogens is 508 g/mol. The summed E-state index contributed by atoms with van der Waals surface area (Å²) >= 11 is 6.74. The minimum Gasteiger partial charge on any atom is -0.486 e. The number of unbranched alkanes of at least 4 members (excludes halogenated alkanes) is 1. The Labute approximate surface area is 226 Å². The molecule has 1 aromatic heterocycles. The van der Waals surface area contributed by atoms with Gasteiger partial charge in [-0.3, -0.25) is 4.90 Å². The van der Waals surface area contributed by atoms with Crippen LogP contribution < -0.4 is 9.47 Å². The minimum absolute atomic E-state index is 0.0177. The molecule has 0 aliphatic carbocycles. The van der Waals surface area contributed by atoms with E-state index < -0.39 is 11.6 Å². The molecule has 0 unspecified atom stereocenters. The molecule has 2 heterocycles. The highest BCUT2D eigenvalue weighted by Crippen LogP contribution is 2.33. The van der Waals surface area contributed by atoms with Crippen LogP contribution in [-0.2, 0) is 26.2 Å². The zero-order valence-electron chi connectivity index (χ0n) is 21.3. The first-order chi connectivity index (χ1) is 18.5. The maximum Gasteiger partial charge on any atom is 0.161 e. The van der Waals surface area contributed by atoms with Crippen molar-refractivity contribution in [2.75, 3.05) is 13.2 Å². The average Bonchev–Trinajstić information content (AvgIpc) is 3.24. The molecule has 198 valence electrons. The molecule has 1 aliphatic rings. The molecule has 3 aromatic carbocycles.